The van der Waals surface area contributed by atoms with E-state index in [2.05, 4.69) is 119 Å². The van der Waals surface area contributed by atoms with E-state index in [0.29, 0.717) is 67.7 Å². The van der Waals surface area contributed by atoms with E-state index in [1.807, 2.05) is 6.92 Å². The zero-order valence-electron chi connectivity index (χ0n) is 55.8. The topological polar surface area (TPSA) is 373 Å². The van der Waals surface area contributed by atoms with E-state index in [-0.39, 0.29) is 11.8 Å². The second-order valence-electron chi connectivity index (χ2n) is 27.8. The SMILES string of the molecule is C=C1NC(=O)C=CN1[C@@H]1O[C@H](CCP(=C)(C)C)[C@@H](O)[C@@]1(C)O.C=C1NC(=O)C=CN1[C@@H]1O[C@H](CCP(=C)(C)C)[C@@H](O)[C@]1(C)O.C=CCCc1cn([C@@H]2O[C@H](CCP(=C)(C)C)[C@@H](O)[C@H]2O)c(=O)[nH]c1=O.C=P(C)(C)CC[C@H]1O[C@@H](n2cc(CCC)c(=O)[nH]c2=O)[C@H](O)[C@@H]1O. The second-order valence-corrected chi connectivity index (χ2v) is 45.1. The molecule has 0 spiro atoms. The van der Waals surface area contributed by atoms with Crippen molar-refractivity contribution in [1.82, 2.24) is 39.5 Å². The number of rotatable bonds is 21. The van der Waals surface area contributed by atoms with E-state index in [1.54, 1.807) is 6.08 Å². The lowest BCUT2D eigenvalue weighted by molar-refractivity contribution is -0.124. The fourth-order valence-electron chi connectivity index (χ4n) is 11.0. The molecule has 8 rings (SSSR count). The Balaban J connectivity index is 0.000000225. The van der Waals surface area contributed by atoms with Crippen LogP contribution in [0.2, 0.25) is 0 Å². The van der Waals surface area contributed by atoms with Crippen LogP contribution >= 0.6 is 27.5 Å². The Kier molecular flexibility index (Phi) is 27.3. The van der Waals surface area contributed by atoms with Crippen LogP contribution in [0.15, 0.2) is 93.6 Å². The van der Waals surface area contributed by atoms with Gasteiger partial charge in [0.2, 0.25) is 0 Å². The average molecular weight is 1390 g/mol. The summed E-state index contributed by atoms with van der Waals surface area (Å²) in [6.45, 7) is 27.9. The molecule has 0 radical (unpaired) electrons. The summed E-state index contributed by atoms with van der Waals surface area (Å²) >= 11 is 0. The molecule has 2 aromatic rings. The number of allylic oxidation sites excluding steroid dienone is 1. The molecule has 12 N–H and O–H groups in total. The van der Waals surface area contributed by atoms with Crippen molar-refractivity contribution in [3.8, 4) is 0 Å². The standard InChI is InChI=1S/C17H27N2O5P.C16H27N2O5P.2C15H25N2O4P/c1-5-6-7-11-10-19(17(23)18-15(11)22)16-14(21)13(20)12(24-16)8-9-25(2,3)4;1-5-6-10-9-18(16(22)17-14(10)21)15-13(20)12(19)11(23-15)7-8-24(2,3)4;2*1-10-16-12(18)6-8-17(10)14-15(2,20)13(19)11(21-14)7-9-22(3,4)5/h5,10,12-14,16,20-21H,1-2,6-9H2,3-4H3,(H,18,22,23);9,11-13,15,19-20H,2,5-8H2,1,3-4H3,(H,17,21,22);2*6,8,11,13-14,19-20H,1,3,7,9H2,2,4-5H3,(H,16,18)/t12-,13-,14-,16-;11-,12-,13-,15-;11-,13-,14-,15+;11-,13-,14-,15-/m1111/s1. The summed E-state index contributed by atoms with van der Waals surface area (Å²) in [6.07, 6.45) is 22.4. The van der Waals surface area contributed by atoms with Gasteiger partial charge in [-0.1, -0.05) is 32.6 Å². The number of amides is 2. The molecule has 30 heteroatoms. The number of ether oxygens (including phenoxy) is 4. The Morgan fingerprint density at radius 3 is 1.15 bits per heavy atom. The van der Waals surface area contributed by atoms with Gasteiger partial charge in [-0.2, -0.15) is 0 Å². The molecule has 16 atom stereocenters. The molecule has 0 bridgehead atoms. The molecule has 0 unspecified atom stereocenters. The minimum Gasteiger partial charge on any atom is -0.388 e. The predicted octanol–water partition coefficient (Wildman–Crippen LogP) is 1.26. The summed E-state index contributed by atoms with van der Waals surface area (Å²) < 4.78 is 25.6. The highest BCUT2D eigenvalue weighted by atomic mass is 31.2. The number of aliphatic hydroxyl groups excluding tert-OH is 6. The van der Waals surface area contributed by atoms with Crippen LogP contribution in [-0.4, -0.2) is 269 Å². The van der Waals surface area contributed by atoms with E-state index in [9.17, 15) is 69.6 Å². The molecule has 6 aliphatic rings. The van der Waals surface area contributed by atoms with Gasteiger partial charge in [-0.15, -0.1) is 59.3 Å². The molecule has 4 fully saturated rings. The fourth-order valence-corrected chi connectivity index (χ4v) is 14.8. The summed E-state index contributed by atoms with van der Waals surface area (Å²) in [5, 5.41) is 88.3. The first-order valence-electron chi connectivity index (χ1n) is 30.9. The molecular formula is C63H104N8O18P4. The number of carbonyl (C=O) groups excluding carboxylic acids is 2. The van der Waals surface area contributed by atoms with Gasteiger partial charge in [0.1, 0.15) is 59.5 Å². The quantitative estimate of drug-likeness (QED) is 0.0618. The molecule has 2 amide bonds. The summed E-state index contributed by atoms with van der Waals surface area (Å²) in [7, 11) is 0. The van der Waals surface area contributed by atoms with Crippen molar-refractivity contribution >= 4 is 64.6 Å². The Morgan fingerprint density at radius 1 is 0.527 bits per heavy atom. The lowest BCUT2D eigenvalue weighted by Gasteiger charge is -2.37. The van der Waals surface area contributed by atoms with Crippen molar-refractivity contribution in [2.45, 2.75) is 169 Å². The van der Waals surface area contributed by atoms with Crippen molar-refractivity contribution in [2.75, 3.05) is 78.0 Å². The van der Waals surface area contributed by atoms with Crippen LogP contribution in [0.3, 0.4) is 0 Å². The number of aliphatic hydroxyl groups is 8. The highest BCUT2D eigenvalue weighted by Crippen LogP contribution is 2.44. The molecule has 6 aliphatic heterocycles. The van der Waals surface area contributed by atoms with Gasteiger partial charge in [-0.05, 0) is 137 Å². The van der Waals surface area contributed by atoms with Crippen molar-refractivity contribution in [2.24, 2.45) is 0 Å². The number of hydrogen-bond donors (Lipinski definition) is 12. The maximum Gasteiger partial charge on any atom is 0.330 e. The van der Waals surface area contributed by atoms with Crippen LogP contribution in [0.4, 0.5) is 0 Å². The van der Waals surface area contributed by atoms with Crippen molar-refractivity contribution in [1.29, 1.82) is 0 Å². The van der Waals surface area contributed by atoms with Crippen LogP contribution < -0.4 is 33.1 Å². The molecule has 4 saturated heterocycles. The van der Waals surface area contributed by atoms with E-state index in [1.165, 1.54) is 65.2 Å². The number of nitrogens with zero attached hydrogens (tertiary/aromatic N) is 4. The van der Waals surface area contributed by atoms with Crippen LogP contribution in [0.5, 0.6) is 0 Å². The first-order chi connectivity index (χ1) is 42.8. The molecule has 8 heterocycles. The highest BCUT2D eigenvalue weighted by molar-refractivity contribution is 7.73. The van der Waals surface area contributed by atoms with Gasteiger partial charge < -0.3 is 80.2 Å². The summed E-state index contributed by atoms with van der Waals surface area (Å²) in [4.78, 5) is 78.1. The lowest BCUT2D eigenvalue weighted by Crippen LogP contribution is -2.53. The summed E-state index contributed by atoms with van der Waals surface area (Å²) in [5.74, 6) is 0.0745. The minimum absolute atomic E-state index is 0.278. The molecule has 26 nitrogen and oxygen atoms in total. The van der Waals surface area contributed by atoms with E-state index in [4.69, 9.17) is 18.9 Å². The Morgan fingerprint density at radius 2 is 0.849 bits per heavy atom. The fraction of sp³-hybridized carbons (Fsp3) is 0.619. The number of nitrogens with one attached hydrogen (secondary N) is 4. The van der Waals surface area contributed by atoms with Gasteiger partial charge in [-0.3, -0.25) is 38.3 Å². The highest BCUT2D eigenvalue weighted by Gasteiger charge is 2.56. The largest absolute Gasteiger partial charge is 0.388 e. The number of aromatic amines is 2. The smallest absolute Gasteiger partial charge is 0.330 e. The average Bonchev–Trinajstić information content (AvgIpc) is 1.66. The third-order valence-electron chi connectivity index (χ3n) is 16.5. The first kappa shape index (κ1) is 79.0. The Bertz CT molecular complexity index is 3420. The monoisotopic (exact) mass is 1380 g/mol. The molecule has 2 aromatic heterocycles. The van der Waals surface area contributed by atoms with Crippen LogP contribution in [0.25, 0.3) is 0 Å². The first-order valence-corrected chi connectivity index (χ1v) is 43.1. The van der Waals surface area contributed by atoms with Gasteiger partial charge in [0.05, 0.1) is 24.4 Å². The molecule has 524 valence electrons. The summed E-state index contributed by atoms with van der Waals surface area (Å²) in [5.41, 5.74) is -4.29. The number of H-pyrrole nitrogens is 2. The van der Waals surface area contributed by atoms with Crippen LogP contribution in [0.1, 0.15) is 82.9 Å². The number of aryl methyl sites for hydroxylation is 2. The van der Waals surface area contributed by atoms with Crippen LogP contribution in [-0.2, 0) is 41.4 Å². The van der Waals surface area contributed by atoms with E-state index >= 15 is 0 Å². The predicted molar refractivity (Wildman–Crippen MR) is 376 cm³/mol. The maximum absolute atomic E-state index is 12.1. The van der Waals surface area contributed by atoms with Crippen molar-refractivity contribution in [3.05, 3.63) is 127 Å². The normalized spacial score (nSPS) is 31.3. The van der Waals surface area contributed by atoms with Gasteiger partial charge in [0, 0.05) is 48.1 Å². The molecule has 0 saturated carbocycles. The van der Waals surface area contributed by atoms with Gasteiger partial charge in [0.25, 0.3) is 22.9 Å². The third-order valence-corrected chi connectivity index (χ3v) is 22.3. The Hall–Kier alpha value is -4.68. The van der Waals surface area contributed by atoms with Crippen molar-refractivity contribution in [3.63, 3.8) is 0 Å². The number of aromatic nitrogens is 4. The Labute approximate surface area is 545 Å². The zero-order chi connectivity index (χ0) is 70.3. The van der Waals surface area contributed by atoms with Gasteiger partial charge >= 0.3 is 11.4 Å². The molecular weight excluding hydrogens is 1280 g/mol. The van der Waals surface area contributed by atoms with E-state index in [0.717, 1.165) is 35.6 Å². The minimum atomic E-state index is -1.47. The third kappa shape index (κ3) is 21.4. The molecule has 93 heavy (non-hydrogen) atoms. The summed E-state index contributed by atoms with van der Waals surface area (Å²) in [6, 6.07) is 0. The molecule has 0 aliphatic carbocycles. The van der Waals surface area contributed by atoms with Crippen LogP contribution in [0, 0.1) is 0 Å². The van der Waals surface area contributed by atoms with Gasteiger partial charge in [0.15, 0.2) is 24.9 Å². The van der Waals surface area contributed by atoms with Crippen molar-refractivity contribution < 1.29 is 69.4 Å². The second kappa shape index (κ2) is 32.1. The van der Waals surface area contributed by atoms with E-state index < -0.39 is 147 Å². The number of carbonyl (C=O) groups is 2. The zero-order valence-corrected chi connectivity index (χ0v) is 59.4. The molecule has 0 aromatic carbocycles. The maximum atomic E-state index is 12.1. The number of hydrogen-bond acceptors (Lipinski definition) is 20. The lowest BCUT2D eigenvalue weighted by atomic mass is 9.95. The van der Waals surface area contributed by atoms with Gasteiger partial charge in [-0.25, -0.2) is 9.59 Å².